The number of nitrogens with zero attached hydrogens (tertiary/aromatic N) is 1. The van der Waals surface area contributed by atoms with Crippen LogP contribution in [0, 0.1) is 0 Å². The highest BCUT2D eigenvalue weighted by Crippen LogP contribution is 2.30. The van der Waals surface area contributed by atoms with E-state index in [1.807, 2.05) is 12.1 Å². The van der Waals surface area contributed by atoms with E-state index in [4.69, 9.17) is 16.3 Å². The molecule has 0 atom stereocenters. The number of halogens is 1. The molecule has 0 aliphatic heterocycles. The van der Waals surface area contributed by atoms with Crippen molar-refractivity contribution < 1.29 is 4.74 Å². The number of aromatic nitrogens is 1. The van der Waals surface area contributed by atoms with Crippen LogP contribution in [-0.4, -0.2) is 10.7 Å². The number of ether oxygens (including phenoxy) is 1. The normalized spacial score (nSPS) is 11.9. The van der Waals surface area contributed by atoms with Gasteiger partial charge in [-0.05, 0) is 39.8 Å². The van der Waals surface area contributed by atoms with E-state index >= 15 is 0 Å². The fraction of sp³-hybridized carbons (Fsp3) is 0.467. The number of benzene rings is 1. The molecule has 2 aromatic rings. The lowest BCUT2D eigenvalue weighted by atomic mass is 10.2. The highest BCUT2D eigenvalue weighted by atomic mass is 35.5. The van der Waals surface area contributed by atoms with Crippen LogP contribution in [0.15, 0.2) is 24.3 Å². The molecule has 0 saturated heterocycles. The van der Waals surface area contributed by atoms with Gasteiger partial charge in [-0.25, -0.2) is 0 Å². The minimum absolute atomic E-state index is 0.235. The Kier molecular flexibility index (Phi) is 3.98. The summed E-state index contributed by atoms with van der Waals surface area (Å²) in [6.45, 7) is 9.06. The fourth-order valence-electron chi connectivity index (χ4n) is 2.25. The molecule has 0 saturated carbocycles. The van der Waals surface area contributed by atoms with Gasteiger partial charge in [-0.1, -0.05) is 23.7 Å². The summed E-state index contributed by atoms with van der Waals surface area (Å²) in [6.07, 6.45) is 0.235. The van der Waals surface area contributed by atoms with Crippen molar-refractivity contribution in [3.05, 3.63) is 35.0 Å². The molecular formula is C15H20ClNO. The van der Waals surface area contributed by atoms with Gasteiger partial charge in [0.25, 0.3) is 0 Å². The number of rotatable bonds is 4. The third kappa shape index (κ3) is 2.55. The van der Waals surface area contributed by atoms with Gasteiger partial charge in [-0.3, -0.25) is 0 Å². The van der Waals surface area contributed by atoms with Crippen LogP contribution < -0.4 is 0 Å². The molecule has 18 heavy (non-hydrogen) atoms. The summed E-state index contributed by atoms with van der Waals surface area (Å²) in [5.74, 6) is 0. The van der Waals surface area contributed by atoms with Gasteiger partial charge in [0.15, 0.2) is 0 Å². The summed E-state index contributed by atoms with van der Waals surface area (Å²) in [6, 6.07) is 8.56. The molecule has 0 unspecified atom stereocenters. The topological polar surface area (TPSA) is 14.2 Å². The molecular weight excluding hydrogens is 246 g/mol. The smallest absolute Gasteiger partial charge is 0.0871 e. The Labute approximate surface area is 114 Å². The van der Waals surface area contributed by atoms with Crippen molar-refractivity contribution in [1.29, 1.82) is 0 Å². The molecule has 2 rings (SSSR count). The third-order valence-electron chi connectivity index (χ3n) is 2.97. The van der Waals surface area contributed by atoms with Crippen molar-refractivity contribution in [1.82, 2.24) is 4.57 Å². The standard InChI is InChI=1S/C15H20ClNO/c1-10(2)17-13(9-18-11(3)4)8-12-6-5-7-14(16)15(12)17/h5-8,10-11H,9H2,1-4H3. The summed E-state index contributed by atoms with van der Waals surface area (Å²) >= 11 is 6.32. The minimum Gasteiger partial charge on any atom is -0.373 e. The van der Waals surface area contributed by atoms with Crippen molar-refractivity contribution in [2.75, 3.05) is 0 Å². The molecule has 3 heteroatoms. The Bertz CT molecular complexity index is 543. The lowest BCUT2D eigenvalue weighted by molar-refractivity contribution is 0.0615. The molecule has 0 N–H and O–H groups in total. The predicted octanol–water partition coefficient (Wildman–Crippen LogP) is 4.80. The van der Waals surface area contributed by atoms with E-state index in [0.29, 0.717) is 12.6 Å². The molecule has 0 fully saturated rings. The Morgan fingerprint density at radius 2 is 1.94 bits per heavy atom. The van der Waals surface area contributed by atoms with E-state index in [1.54, 1.807) is 0 Å². The molecule has 0 aliphatic carbocycles. The van der Waals surface area contributed by atoms with Crippen LogP contribution in [-0.2, 0) is 11.3 Å². The van der Waals surface area contributed by atoms with Crippen LogP contribution in [0.4, 0.5) is 0 Å². The number of fused-ring (bicyclic) bond motifs is 1. The van der Waals surface area contributed by atoms with Crippen molar-refractivity contribution in [3.63, 3.8) is 0 Å². The SMILES string of the molecule is CC(C)OCc1cc2cccc(Cl)c2n1C(C)C. The maximum absolute atomic E-state index is 6.32. The van der Waals surface area contributed by atoms with Gasteiger partial charge in [0, 0.05) is 17.1 Å². The third-order valence-corrected chi connectivity index (χ3v) is 3.28. The quantitative estimate of drug-likeness (QED) is 0.774. The molecule has 1 aromatic carbocycles. The van der Waals surface area contributed by atoms with Gasteiger partial charge in [0.1, 0.15) is 0 Å². The first-order valence-corrected chi connectivity index (χ1v) is 6.78. The summed E-state index contributed by atoms with van der Waals surface area (Å²) in [7, 11) is 0. The lowest BCUT2D eigenvalue weighted by Gasteiger charge is -2.16. The Morgan fingerprint density at radius 1 is 1.22 bits per heavy atom. The van der Waals surface area contributed by atoms with Crippen molar-refractivity contribution >= 4 is 22.5 Å². The molecule has 2 nitrogen and oxygen atoms in total. The zero-order valence-electron chi connectivity index (χ0n) is 11.4. The zero-order valence-corrected chi connectivity index (χ0v) is 12.2. The molecule has 0 aliphatic rings. The first kappa shape index (κ1) is 13.4. The average Bonchev–Trinajstić information content (AvgIpc) is 2.66. The molecule has 0 radical (unpaired) electrons. The maximum Gasteiger partial charge on any atom is 0.0871 e. The second kappa shape index (κ2) is 5.33. The maximum atomic E-state index is 6.32. The van der Waals surface area contributed by atoms with Crippen LogP contribution in [0.25, 0.3) is 10.9 Å². The fourth-order valence-corrected chi connectivity index (χ4v) is 2.52. The highest BCUT2D eigenvalue weighted by molar-refractivity contribution is 6.35. The van der Waals surface area contributed by atoms with E-state index in [1.165, 1.54) is 11.1 Å². The molecule has 0 bridgehead atoms. The van der Waals surface area contributed by atoms with Crippen LogP contribution >= 0.6 is 11.6 Å². The summed E-state index contributed by atoms with van der Waals surface area (Å²) in [5.41, 5.74) is 2.29. The van der Waals surface area contributed by atoms with Gasteiger partial charge >= 0.3 is 0 Å². The molecule has 0 amide bonds. The van der Waals surface area contributed by atoms with E-state index in [-0.39, 0.29) is 6.10 Å². The van der Waals surface area contributed by atoms with Gasteiger partial charge in [-0.2, -0.15) is 0 Å². The van der Waals surface area contributed by atoms with Crippen LogP contribution in [0.3, 0.4) is 0 Å². The van der Waals surface area contributed by atoms with Crippen molar-refractivity contribution in [2.24, 2.45) is 0 Å². The van der Waals surface area contributed by atoms with Crippen LogP contribution in [0.2, 0.25) is 5.02 Å². The second-order valence-corrected chi connectivity index (χ2v) is 5.54. The van der Waals surface area contributed by atoms with E-state index < -0.39 is 0 Å². The average molecular weight is 266 g/mol. The second-order valence-electron chi connectivity index (χ2n) is 5.14. The predicted molar refractivity (Wildman–Crippen MR) is 77.3 cm³/mol. The largest absolute Gasteiger partial charge is 0.373 e. The van der Waals surface area contributed by atoms with E-state index in [9.17, 15) is 0 Å². The first-order chi connectivity index (χ1) is 8.50. The van der Waals surface area contributed by atoms with E-state index in [0.717, 1.165) is 10.5 Å². The van der Waals surface area contributed by atoms with Crippen LogP contribution in [0.1, 0.15) is 39.4 Å². The monoisotopic (exact) mass is 265 g/mol. The van der Waals surface area contributed by atoms with E-state index in [2.05, 4.69) is 44.4 Å². The van der Waals surface area contributed by atoms with Gasteiger partial charge < -0.3 is 9.30 Å². The zero-order chi connectivity index (χ0) is 13.3. The van der Waals surface area contributed by atoms with Gasteiger partial charge in [-0.15, -0.1) is 0 Å². The molecule has 1 heterocycles. The Morgan fingerprint density at radius 3 is 2.56 bits per heavy atom. The van der Waals surface area contributed by atoms with Gasteiger partial charge in [0.05, 0.1) is 23.3 Å². The molecule has 0 spiro atoms. The highest BCUT2D eigenvalue weighted by Gasteiger charge is 2.14. The number of hydrogen-bond donors (Lipinski definition) is 0. The number of para-hydroxylation sites is 1. The summed E-state index contributed by atoms with van der Waals surface area (Å²) in [5, 5.41) is 1.98. The van der Waals surface area contributed by atoms with Crippen LogP contribution in [0.5, 0.6) is 0 Å². The Balaban J connectivity index is 2.52. The van der Waals surface area contributed by atoms with Gasteiger partial charge in [0.2, 0.25) is 0 Å². The number of hydrogen-bond acceptors (Lipinski definition) is 1. The van der Waals surface area contributed by atoms with Crippen molar-refractivity contribution in [3.8, 4) is 0 Å². The minimum atomic E-state index is 0.235. The van der Waals surface area contributed by atoms with Crippen molar-refractivity contribution in [2.45, 2.75) is 46.4 Å². The molecule has 98 valence electrons. The first-order valence-electron chi connectivity index (χ1n) is 6.40. The molecule has 1 aromatic heterocycles. The summed E-state index contributed by atoms with van der Waals surface area (Å²) < 4.78 is 7.99. The Hall–Kier alpha value is -0.990. The lowest BCUT2D eigenvalue weighted by Crippen LogP contribution is -2.09. The summed E-state index contributed by atoms with van der Waals surface area (Å²) in [4.78, 5) is 0.